The van der Waals surface area contributed by atoms with Crippen LogP contribution in [0, 0.1) is 0 Å². The van der Waals surface area contributed by atoms with Crippen molar-refractivity contribution in [2.75, 3.05) is 4.90 Å². The van der Waals surface area contributed by atoms with Gasteiger partial charge in [0.2, 0.25) is 5.91 Å². The number of carbonyl (C=O) groups excluding carboxylic acids is 1. The van der Waals surface area contributed by atoms with Gasteiger partial charge in [-0.3, -0.25) is 4.79 Å². The van der Waals surface area contributed by atoms with Gasteiger partial charge in [0.05, 0.1) is 16.1 Å². The summed E-state index contributed by atoms with van der Waals surface area (Å²) in [6.07, 6.45) is 0. The lowest BCUT2D eigenvalue weighted by molar-refractivity contribution is -0.126. The highest BCUT2D eigenvalue weighted by atomic mass is 35.5. The third kappa shape index (κ3) is 2.51. The summed E-state index contributed by atoms with van der Waals surface area (Å²) in [5, 5.41) is 1.48. The number of hydrogen-bond acceptors (Lipinski definition) is 2. The molecule has 1 aliphatic heterocycles. The van der Waals surface area contributed by atoms with Crippen LogP contribution in [0.5, 0.6) is 0 Å². The van der Waals surface area contributed by atoms with Crippen molar-refractivity contribution < 1.29 is 4.79 Å². The topological polar surface area (TPSA) is 46.3 Å². The third-order valence-electron chi connectivity index (χ3n) is 3.53. The Bertz CT molecular complexity index is 703. The van der Waals surface area contributed by atoms with Gasteiger partial charge in [-0.15, -0.1) is 0 Å². The molecule has 6 heteroatoms. The summed E-state index contributed by atoms with van der Waals surface area (Å²) in [5.74, 6) is -0.145. The summed E-state index contributed by atoms with van der Waals surface area (Å²) in [6, 6.07) is 11.6. The molecule has 108 valence electrons. The Kier molecular flexibility index (Phi) is 3.84. The van der Waals surface area contributed by atoms with Crippen LogP contribution < -0.4 is 10.6 Å². The molecule has 0 aromatic heterocycles. The second kappa shape index (κ2) is 5.50. The fourth-order valence-electron chi connectivity index (χ4n) is 2.45. The SMILES string of the molecule is NC1C(=O)N(c2ccc(Cl)c(Cl)c2)C1c1ccc(Cl)cc1. The molecule has 0 saturated carbocycles. The van der Waals surface area contributed by atoms with Crippen LogP contribution in [0.2, 0.25) is 15.1 Å². The van der Waals surface area contributed by atoms with Gasteiger partial charge in [-0.25, -0.2) is 0 Å². The summed E-state index contributed by atoms with van der Waals surface area (Å²) in [5.41, 5.74) is 7.55. The quantitative estimate of drug-likeness (QED) is 0.837. The van der Waals surface area contributed by atoms with Crippen LogP contribution in [0.3, 0.4) is 0 Å². The maximum Gasteiger partial charge on any atom is 0.247 e. The molecule has 3 nitrogen and oxygen atoms in total. The minimum atomic E-state index is -0.569. The van der Waals surface area contributed by atoms with Crippen molar-refractivity contribution in [1.29, 1.82) is 0 Å². The number of nitrogens with zero attached hydrogens (tertiary/aromatic N) is 1. The van der Waals surface area contributed by atoms with E-state index in [1.54, 1.807) is 35.2 Å². The number of rotatable bonds is 2. The molecule has 1 fully saturated rings. The predicted molar refractivity (Wildman–Crippen MR) is 86.1 cm³/mol. The average Bonchev–Trinajstić information content (AvgIpc) is 2.48. The number of amides is 1. The van der Waals surface area contributed by atoms with Crippen molar-refractivity contribution in [3.63, 3.8) is 0 Å². The number of carbonyl (C=O) groups is 1. The molecule has 2 unspecified atom stereocenters. The maximum atomic E-state index is 12.1. The van der Waals surface area contributed by atoms with Crippen LogP contribution in [0.15, 0.2) is 42.5 Å². The lowest BCUT2D eigenvalue weighted by Crippen LogP contribution is -2.63. The minimum absolute atomic E-state index is 0.145. The molecule has 21 heavy (non-hydrogen) atoms. The molecule has 0 aliphatic carbocycles. The summed E-state index contributed by atoms with van der Waals surface area (Å²) in [6.45, 7) is 0. The smallest absolute Gasteiger partial charge is 0.247 e. The number of β-lactam (4-membered cyclic amide) rings is 1. The van der Waals surface area contributed by atoms with Crippen LogP contribution in [-0.2, 0) is 4.79 Å². The number of benzene rings is 2. The summed E-state index contributed by atoms with van der Waals surface area (Å²) >= 11 is 17.8. The van der Waals surface area contributed by atoms with E-state index in [4.69, 9.17) is 40.5 Å². The number of anilines is 1. The Hall–Kier alpha value is -1.26. The highest BCUT2D eigenvalue weighted by Crippen LogP contribution is 2.40. The van der Waals surface area contributed by atoms with E-state index in [1.807, 2.05) is 12.1 Å². The highest BCUT2D eigenvalue weighted by Gasteiger charge is 2.46. The van der Waals surface area contributed by atoms with E-state index in [2.05, 4.69) is 0 Å². The van der Waals surface area contributed by atoms with E-state index in [-0.39, 0.29) is 11.9 Å². The lowest BCUT2D eigenvalue weighted by atomic mass is 9.88. The zero-order valence-corrected chi connectivity index (χ0v) is 13.0. The molecular formula is C15H11Cl3N2O. The average molecular weight is 342 g/mol. The fraction of sp³-hybridized carbons (Fsp3) is 0.133. The van der Waals surface area contributed by atoms with Gasteiger partial charge in [0.1, 0.15) is 6.04 Å². The molecule has 0 spiro atoms. The van der Waals surface area contributed by atoms with E-state index in [0.717, 1.165) is 5.56 Å². The van der Waals surface area contributed by atoms with Gasteiger partial charge in [-0.1, -0.05) is 46.9 Å². The molecule has 1 aliphatic rings. The first-order valence-electron chi connectivity index (χ1n) is 6.28. The second-order valence-electron chi connectivity index (χ2n) is 4.83. The van der Waals surface area contributed by atoms with Gasteiger partial charge >= 0.3 is 0 Å². The maximum absolute atomic E-state index is 12.1. The second-order valence-corrected chi connectivity index (χ2v) is 6.08. The van der Waals surface area contributed by atoms with Gasteiger partial charge in [0, 0.05) is 10.7 Å². The molecule has 1 saturated heterocycles. The Balaban J connectivity index is 1.98. The molecular weight excluding hydrogens is 331 g/mol. The van der Waals surface area contributed by atoms with Crippen LogP contribution >= 0.6 is 34.8 Å². The third-order valence-corrected chi connectivity index (χ3v) is 4.52. The number of halogens is 3. The Morgan fingerprint density at radius 3 is 2.24 bits per heavy atom. The van der Waals surface area contributed by atoms with E-state index in [9.17, 15) is 4.79 Å². The van der Waals surface area contributed by atoms with Crippen molar-refractivity contribution in [2.45, 2.75) is 12.1 Å². The van der Waals surface area contributed by atoms with Crippen LogP contribution in [0.1, 0.15) is 11.6 Å². The molecule has 2 atom stereocenters. The zero-order valence-electron chi connectivity index (χ0n) is 10.8. The van der Waals surface area contributed by atoms with Gasteiger partial charge in [0.25, 0.3) is 0 Å². The van der Waals surface area contributed by atoms with E-state index < -0.39 is 6.04 Å². The van der Waals surface area contributed by atoms with Crippen LogP contribution in [0.4, 0.5) is 5.69 Å². The highest BCUT2D eigenvalue weighted by molar-refractivity contribution is 6.42. The molecule has 0 bridgehead atoms. The van der Waals surface area contributed by atoms with Crippen molar-refractivity contribution in [3.05, 3.63) is 63.1 Å². The Morgan fingerprint density at radius 2 is 1.62 bits per heavy atom. The molecule has 1 amide bonds. The van der Waals surface area contributed by atoms with Crippen molar-refractivity contribution in [2.24, 2.45) is 5.73 Å². The first-order valence-corrected chi connectivity index (χ1v) is 7.41. The number of hydrogen-bond donors (Lipinski definition) is 1. The Morgan fingerprint density at radius 1 is 0.952 bits per heavy atom. The molecule has 1 heterocycles. The molecule has 2 aromatic carbocycles. The van der Waals surface area contributed by atoms with Gasteiger partial charge < -0.3 is 10.6 Å². The van der Waals surface area contributed by atoms with Gasteiger partial charge in [0.15, 0.2) is 0 Å². The monoisotopic (exact) mass is 340 g/mol. The van der Waals surface area contributed by atoms with Gasteiger partial charge in [-0.2, -0.15) is 0 Å². The normalized spacial score (nSPS) is 21.3. The minimum Gasteiger partial charge on any atom is -0.318 e. The molecule has 2 N–H and O–H groups in total. The zero-order chi connectivity index (χ0) is 15.1. The van der Waals surface area contributed by atoms with Crippen molar-refractivity contribution >= 4 is 46.4 Å². The number of nitrogens with two attached hydrogens (primary N) is 1. The largest absolute Gasteiger partial charge is 0.318 e. The summed E-state index contributed by atoms with van der Waals surface area (Å²) in [4.78, 5) is 13.7. The van der Waals surface area contributed by atoms with E-state index in [0.29, 0.717) is 20.8 Å². The first-order chi connectivity index (χ1) is 9.99. The predicted octanol–water partition coefficient (Wildman–Crippen LogP) is 4.06. The van der Waals surface area contributed by atoms with E-state index in [1.165, 1.54) is 0 Å². The Labute approximate surface area is 137 Å². The first kappa shape index (κ1) is 14.7. The van der Waals surface area contributed by atoms with Crippen molar-refractivity contribution in [1.82, 2.24) is 0 Å². The van der Waals surface area contributed by atoms with Crippen LogP contribution in [-0.4, -0.2) is 11.9 Å². The molecule has 3 rings (SSSR count). The van der Waals surface area contributed by atoms with Crippen molar-refractivity contribution in [3.8, 4) is 0 Å². The fourth-order valence-corrected chi connectivity index (χ4v) is 2.87. The van der Waals surface area contributed by atoms with Crippen LogP contribution in [0.25, 0.3) is 0 Å². The van der Waals surface area contributed by atoms with E-state index >= 15 is 0 Å². The summed E-state index contributed by atoms with van der Waals surface area (Å²) in [7, 11) is 0. The van der Waals surface area contributed by atoms with Gasteiger partial charge in [-0.05, 0) is 35.9 Å². The standard InChI is InChI=1S/C15H11Cl3N2O/c16-9-3-1-8(2-4-9)14-13(19)15(21)20(14)10-5-6-11(17)12(18)7-10/h1-7,13-14H,19H2. The lowest BCUT2D eigenvalue weighted by Gasteiger charge is -2.45. The molecule has 0 radical (unpaired) electrons. The summed E-state index contributed by atoms with van der Waals surface area (Å²) < 4.78 is 0. The molecule has 2 aromatic rings.